The summed E-state index contributed by atoms with van der Waals surface area (Å²) in [5.74, 6) is 2.10. The fraction of sp³-hybridized carbons (Fsp3) is 0. The van der Waals surface area contributed by atoms with E-state index in [4.69, 9.17) is 29.9 Å². The molecule has 0 radical (unpaired) electrons. The Labute approximate surface area is 860 Å². The summed E-state index contributed by atoms with van der Waals surface area (Å²) < 4.78 is 11.8. The van der Waals surface area contributed by atoms with Crippen molar-refractivity contribution in [3.05, 3.63) is 552 Å². The van der Waals surface area contributed by atoms with Crippen molar-refractivity contribution in [3.63, 3.8) is 0 Å². The van der Waals surface area contributed by atoms with Crippen LogP contribution in [0.1, 0.15) is 0 Å². The van der Waals surface area contributed by atoms with E-state index in [0.717, 1.165) is 135 Å². The summed E-state index contributed by atoms with van der Waals surface area (Å²) in [6.07, 6.45) is 0. The van der Waals surface area contributed by atoms with Crippen LogP contribution in [0.2, 0.25) is 0 Å². The minimum Gasteiger partial charge on any atom is -0.309 e. The first-order valence-electron chi connectivity index (χ1n) is 50.4. The largest absolute Gasteiger partial charge is 0.309 e. The first kappa shape index (κ1) is 87.8. The summed E-state index contributed by atoms with van der Waals surface area (Å²) in [7, 11) is 0. The van der Waals surface area contributed by atoms with Crippen molar-refractivity contribution < 1.29 is 0 Å². The topological polar surface area (TPSA) is 102 Å². The molecule has 149 heavy (non-hydrogen) atoms. The highest BCUT2D eigenvalue weighted by Gasteiger charge is 2.24. The quantitative estimate of drug-likeness (QED) is 0.0955. The van der Waals surface area contributed by atoms with Crippen LogP contribution in [0.4, 0.5) is 0 Å². The highest BCUT2D eigenvalue weighted by Crippen LogP contribution is 2.45. The summed E-state index contributed by atoms with van der Waals surface area (Å²) in [4.78, 5) is 30.6. The summed E-state index contributed by atoms with van der Waals surface area (Å²) in [6.45, 7) is 0. The third kappa shape index (κ3) is 16.4. The van der Waals surface area contributed by atoms with Gasteiger partial charge in [-0.3, -0.25) is 0 Å². The van der Waals surface area contributed by atoms with Crippen LogP contribution in [0.3, 0.4) is 0 Å². The van der Waals surface area contributed by atoms with Gasteiger partial charge in [-0.1, -0.05) is 394 Å². The molecular weight excluding hydrogens is 1810 g/mol. The Morgan fingerprint density at radius 1 is 0.101 bits per heavy atom. The van der Waals surface area contributed by atoms with E-state index < -0.39 is 0 Å². The fourth-order valence-electron chi connectivity index (χ4n) is 21.7. The smallest absolute Gasteiger partial charge is 0.160 e. The van der Waals surface area contributed by atoms with Crippen molar-refractivity contribution in [1.29, 1.82) is 0 Å². The molecule has 0 aliphatic heterocycles. The second kappa shape index (κ2) is 37.9. The Hall–Kier alpha value is -20.1. The summed E-state index contributed by atoms with van der Waals surface area (Å²) in [6, 6.07) is 195. The van der Waals surface area contributed by atoms with Gasteiger partial charge in [-0.2, -0.15) is 0 Å². The molecule has 0 N–H and O–H groups in total. The molecular formula is C138H91N11. The molecule has 8 heterocycles. The standard InChI is InChI=1S/2C52H34N4.C34H23N3/c1-4-15-35(16-5-1)46-34-47(36-17-6-2-7-18-36)54-52(53-46)39-19-14-22-41(31-39)56-48-25-12-10-23-42(48)44-29-27-38(33-51(44)56)37-28-30-50-45(32-37)43-24-11-13-26-49(43)55(50)40-20-8-3-9-21-40;1-4-15-35(16-5-1)46-34-47(36-17-6-2-7-18-36)54-52(53-46)39-19-14-22-41(31-39)56-49-26-13-11-24-43(49)45-33-38(28-30-51(45)56)37-27-29-50-44(32-37)42-23-10-12-25-48(42)55(50)40-20-8-3-9-21-40;1-3-12-24(13-4-1)30-23-31(25-14-5-2-6-15-25)36-34(35-30)26-16-11-17-27(22-26)37-32-20-9-7-18-28(32)29-19-8-10-21-33(29)37/h2*1-34H;1-23H. The number of benzene rings is 21. The van der Waals surface area contributed by atoms with E-state index in [1.165, 1.54) is 109 Å². The van der Waals surface area contributed by atoms with Crippen LogP contribution in [0, 0.1) is 0 Å². The van der Waals surface area contributed by atoms with Crippen LogP contribution in [-0.4, -0.2) is 52.7 Å². The van der Waals surface area contributed by atoms with Crippen molar-refractivity contribution in [3.8, 4) is 152 Å². The first-order valence-corrected chi connectivity index (χ1v) is 50.4. The maximum atomic E-state index is 5.15. The Bertz CT molecular complexity index is 9910. The van der Waals surface area contributed by atoms with E-state index in [-0.39, 0.29) is 0 Å². The van der Waals surface area contributed by atoms with Gasteiger partial charge in [0, 0.05) is 132 Å². The zero-order valence-electron chi connectivity index (χ0n) is 81.0. The maximum Gasteiger partial charge on any atom is 0.160 e. The minimum atomic E-state index is 0.691. The zero-order chi connectivity index (χ0) is 98.6. The Morgan fingerprint density at radius 2 is 0.282 bits per heavy atom. The van der Waals surface area contributed by atoms with E-state index in [0.29, 0.717) is 17.5 Å². The molecule has 29 aromatic rings. The molecule has 0 atom stereocenters. The van der Waals surface area contributed by atoms with E-state index in [2.05, 4.69) is 514 Å². The molecule has 0 bridgehead atoms. The summed E-state index contributed by atoms with van der Waals surface area (Å²) >= 11 is 0. The van der Waals surface area contributed by atoms with Crippen molar-refractivity contribution in [2.75, 3.05) is 0 Å². The number of rotatable bonds is 16. The second-order valence-corrected chi connectivity index (χ2v) is 37.6. The Morgan fingerprint density at radius 3 is 0.544 bits per heavy atom. The maximum absolute atomic E-state index is 5.15. The van der Waals surface area contributed by atoms with Crippen molar-refractivity contribution in [2.45, 2.75) is 0 Å². The summed E-state index contributed by atoms with van der Waals surface area (Å²) in [5, 5.41) is 12.3. The molecule has 0 saturated heterocycles. The average molecular weight is 1900 g/mol. The Kier molecular flexibility index (Phi) is 22.4. The molecule has 0 aliphatic carbocycles. The molecule has 0 saturated carbocycles. The molecule has 11 nitrogen and oxygen atoms in total. The van der Waals surface area contributed by atoms with Gasteiger partial charge in [-0.25, -0.2) is 29.9 Å². The van der Waals surface area contributed by atoms with E-state index in [9.17, 15) is 0 Å². The number of para-hydroxylation sites is 8. The molecule has 0 spiro atoms. The first-order chi connectivity index (χ1) is 73.9. The molecule has 29 rings (SSSR count). The molecule has 0 amide bonds. The lowest BCUT2D eigenvalue weighted by Crippen LogP contribution is -1.98. The van der Waals surface area contributed by atoms with Gasteiger partial charge in [0.15, 0.2) is 17.5 Å². The highest BCUT2D eigenvalue weighted by molar-refractivity contribution is 6.16. The zero-order valence-corrected chi connectivity index (χ0v) is 81.0. The Balaban J connectivity index is 0.000000113. The lowest BCUT2D eigenvalue weighted by molar-refractivity contribution is 1.16. The summed E-state index contributed by atoms with van der Waals surface area (Å²) in [5.41, 5.74) is 36.7. The van der Waals surface area contributed by atoms with Crippen molar-refractivity contribution >= 4 is 109 Å². The molecule has 11 heteroatoms. The van der Waals surface area contributed by atoms with Gasteiger partial charge in [0.2, 0.25) is 0 Å². The van der Waals surface area contributed by atoms with Crippen LogP contribution in [0.25, 0.3) is 261 Å². The SMILES string of the molecule is c1ccc(-c2cc(-c3ccccc3)nc(-c3cccc(-n4c5ccccc5c5cc(-c6ccc7c(c6)c6ccccc6n7-c6ccccc6)ccc54)c3)n2)cc1.c1ccc(-c2cc(-c3ccccc3)nc(-c3cccc(-n4c5ccccc5c5ccc(-c6ccc7c(c6)c6ccccc6n7-c6ccccc6)cc54)c3)n2)cc1.c1ccc(-c2cc(-c3ccccc3)nc(-c3cccc(-n4c5ccccc5c5ccccc54)c3)n2)cc1. The van der Waals surface area contributed by atoms with Gasteiger partial charge in [-0.05, 0) is 180 Å². The highest BCUT2D eigenvalue weighted by atomic mass is 15.0. The number of fused-ring (bicyclic) bond motifs is 15. The molecule has 0 fully saturated rings. The monoisotopic (exact) mass is 1900 g/mol. The minimum absolute atomic E-state index is 0.691. The van der Waals surface area contributed by atoms with Gasteiger partial charge in [-0.15, -0.1) is 0 Å². The van der Waals surface area contributed by atoms with Gasteiger partial charge in [0.25, 0.3) is 0 Å². The van der Waals surface area contributed by atoms with E-state index >= 15 is 0 Å². The van der Waals surface area contributed by atoms with Crippen LogP contribution in [-0.2, 0) is 0 Å². The molecule has 0 aliphatic rings. The van der Waals surface area contributed by atoms with Crippen LogP contribution in [0.15, 0.2) is 552 Å². The van der Waals surface area contributed by atoms with Gasteiger partial charge < -0.3 is 22.8 Å². The fourth-order valence-corrected chi connectivity index (χ4v) is 21.7. The normalized spacial score (nSPS) is 11.5. The van der Waals surface area contributed by atoms with Gasteiger partial charge in [0.1, 0.15) is 0 Å². The van der Waals surface area contributed by atoms with Crippen LogP contribution < -0.4 is 0 Å². The third-order valence-corrected chi connectivity index (χ3v) is 28.7. The van der Waals surface area contributed by atoms with Crippen molar-refractivity contribution in [1.82, 2.24) is 52.7 Å². The van der Waals surface area contributed by atoms with E-state index in [1.54, 1.807) is 0 Å². The number of aromatic nitrogens is 11. The predicted molar refractivity (Wildman–Crippen MR) is 618 cm³/mol. The number of hydrogen-bond acceptors (Lipinski definition) is 6. The molecule has 698 valence electrons. The average Bonchev–Trinajstić information content (AvgIpc) is 1.59. The number of hydrogen-bond donors (Lipinski definition) is 0. The van der Waals surface area contributed by atoms with Gasteiger partial charge >= 0.3 is 0 Å². The molecule has 8 aromatic heterocycles. The molecule has 21 aromatic carbocycles. The van der Waals surface area contributed by atoms with Gasteiger partial charge in [0.05, 0.1) is 89.3 Å². The van der Waals surface area contributed by atoms with Crippen molar-refractivity contribution in [2.24, 2.45) is 0 Å². The van der Waals surface area contributed by atoms with E-state index in [1.807, 2.05) is 60.7 Å². The number of nitrogens with zero attached hydrogens (tertiary/aromatic N) is 11. The molecule has 0 unspecified atom stereocenters. The lowest BCUT2D eigenvalue weighted by atomic mass is 10.0. The van der Waals surface area contributed by atoms with Crippen LogP contribution >= 0.6 is 0 Å². The lowest BCUT2D eigenvalue weighted by Gasteiger charge is -2.12. The third-order valence-electron chi connectivity index (χ3n) is 28.7. The van der Waals surface area contributed by atoms with Crippen LogP contribution in [0.5, 0.6) is 0 Å². The second-order valence-electron chi connectivity index (χ2n) is 37.6. The predicted octanol–water partition coefficient (Wildman–Crippen LogP) is 35.3.